The number of piperazine rings is 1. The summed E-state index contributed by atoms with van der Waals surface area (Å²) in [7, 11) is 2.10. The topological polar surface area (TPSA) is 48.5 Å². The zero-order valence-corrected chi connectivity index (χ0v) is 11.0. The molecule has 1 aliphatic heterocycles. The van der Waals surface area contributed by atoms with Crippen LogP contribution in [0.5, 0.6) is 0 Å². The zero-order valence-electron chi connectivity index (χ0n) is 11.0. The Morgan fingerprint density at radius 2 is 2.06 bits per heavy atom. The van der Waals surface area contributed by atoms with Gasteiger partial charge in [0.2, 0.25) is 5.91 Å². The number of amides is 1. The summed E-state index contributed by atoms with van der Waals surface area (Å²) in [6, 6.07) is 3.77. The van der Waals surface area contributed by atoms with Gasteiger partial charge in [0.1, 0.15) is 5.82 Å². The molecule has 0 aromatic carbocycles. The lowest BCUT2D eigenvalue weighted by atomic mass is 10.3. The number of aromatic nitrogens is 1. The van der Waals surface area contributed by atoms with Crippen molar-refractivity contribution in [3.05, 3.63) is 23.9 Å². The number of hydrogen-bond acceptors (Lipinski definition) is 4. The molecule has 18 heavy (non-hydrogen) atoms. The molecule has 1 aromatic heterocycles. The van der Waals surface area contributed by atoms with Crippen LogP contribution in [0.2, 0.25) is 0 Å². The fourth-order valence-electron chi connectivity index (χ4n) is 1.93. The number of hydrogen-bond donors (Lipinski definition) is 1. The smallest absolute Gasteiger partial charge is 0.239 e. The molecule has 0 unspecified atom stereocenters. The molecule has 2 rings (SSSR count). The van der Waals surface area contributed by atoms with Crippen molar-refractivity contribution in [1.29, 1.82) is 0 Å². The van der Waals surface area contributed by atoms with Gasteiger partial charge in [0, 0.05) is 32.4 Å². The van der Waals surface area contributed by atoms with Gasteiger partial charge in [-0.1, -0.05) is 6.07 Å². The van der Waals surface area contributed by atoms with Gasteiger partial charge in [0.15, 0.2) is 0 Å². The maximum atomic E-state index is 11.8. The van der Waals surface area contributed by atoms with Crippen LogP contribution < -0.4 is 5.32 Å². The van der Waals surface area contributed by atoms with Crippen LogP contribution in [0.1, 0.15) is 5.56 Å². The van der Waals surface area contributed by atoms with E-state index in [0.717, 1.165) is 31.7 Å². The molecule has 0 radical (unpaired) electrons. The van der Waals surface area contributed by atoms with Crippen LogP contribution in [0.4, 0.5) is 5.82 Å². The predicted octanol–water partition coefficient (Wildman–Crippen LogP) is 0.576. The third-order valence-corrected chi connectivity index (χ3v) is 3.14. The van der Waals surface area contributed by atoms with Crippen LogP contribution in [0.3, 0.4) is 0 Å². The number of rotatable bonds is 3. The van der Waals surface area contributed by atoms with Gasteiger partial charge < -0.3 is 10.2 Å². The summed E-state index contributed by atoms with van der Waals surface area (Å²) in [5.74, 6) is 0.635. The average Bonchev–Trinajstić information content (AvgIpc) is 2.35. The highest BCUT2D eigenvalue weighted by atomic mass is 16.2. The Hall–Kier alpha value is -1.46. The van der Waals surface area contributed by atoms with E-state index in [-0.39, 0.29) is 5.91 Å². The van der Waals surface area contributed by atoms with Crippen molar-refractivity contribution in [3.8, 4) is 0 Å². The van der Waals surface area contributed by atoms with Crippen LogP contribution in [0, 0.1) is 6.92 Å². The maximum Gasteiger partial charge on any atom is 0.239 e. The summed E-state index contributed by atoms with van der Waals surface area (Å²) in [4.78, 5) is 20.4. The fourth-order valence-corrected chi connectivity index (χ4v) is 1.93. The Balaban J connectivity index is 1.80. The third kappa shape index (κ3) is 3.78. The number of anilines is 1. The Morgan fingerprint density at radius 3 is 2.67 bits per heavy atom. The first-order valence-corrected chi connectivity index (χ1v) is 6.27. The van der Waals surface area contributed by atoms with Gasteiger partial charge in [-0.2, -0.15) is 0 Å². The number of pyridine rings is 1. The summed E-state index contributed by atoms with van der Waals surface area (Å²) in [5, 5.41) is 2.82. The Kier molecular flexibility index (Phi) is 4.28. The molecule has 5 heteroatoms. The molecule has 1 fully saturated rings. The maximum absolute atomic E-state index is 11.8. The molecule has 0 saturated carbocycles. The zero-order chi connectivity index (χ0) is 13.0. The second kappa shape index (κ2) is 5.93. The van der Waals surface area contributed by atoms with E-state index in [4.69, 9.17) is 0 Å². The van der Waals surface area contributed by atoms with E-state index in [0.29, 0.717) is 12.4 Å². The molecule has 0 spiro atoms. The van der Waals surface area contributed by atoms with Gasteiger partial charge in [0.05, 0.1) is 6.54 Å². The van der Waals surface area contributed by atoms with E-state index in [1.807, 2.05) is 19.1 Å². The lowest BCUT2D eigenvalue weighted by Crippen LogP contribution is -2.47. The molecule has 1 aromatic rings. The van der Waals surface area contributed by atoms with Gasteiger partial charge in [-0.25, -0.2) is 4.98 Å². The predicted molar refractivity (Wildman–Crippen MR) is 71.5 cm³/mol. The van der Waals surface area contributed by atoms with Crippen LogP contribution in [-0.2, 0) is 4.79 Å². The van der Waals surface area contributed by atoms with Crippen LogP contribution in [0.25, 0.3) is 0 Å². The van der Waals surface area contributed by atoms with Crippen molar-refractivity contribution in [2.24, 2.45) is 0 Å². The molecule has 0 atom stereocenters. The second-order valence-corrected chi connectivity index (χ2v) is 4.85. The largest absolute Gasteiger partial charge is 0.310 e. The normalized spacial score (nSPS) is 17.7. The van der Waals surface area contributed by atoms with Crippen LogP contribution in [0.15, 0.2) is 18.3 Å². The summed E-state index contributed by atoms with van der Waals surface area (Å²) < 4.78 is 0. The van der Waals surface area contributed by atoms with Gasteiger partial charge in [0.25, 0.3) is 0 Å². The molecule has 2 heterocycles. The lowest BCUT2D eigenvalue weighted by Gasteiger charge is -2.31. The summed E-state index contributed by atoms with van der Waals surface area (Å²) >= 11 is 0. The summed E-state index contributed by atoms with van der Waals surface area (Å²) in [6.45, 7) is 6.37. The molecule has 0 aliphatic carbocycles. The number of aryl methyl sites for hydroxylation is 1. The molecule has 1 N–H and O–H groups in total. The van der Waals surface area contributed by atoms with Crippen molar-refractivity contribution in [3.63, 3.8) is 0 Å². The van der Waals surface area contributed by atoms with Crippen LogP contribution >= 0.6 is 0 Å². The molecular weight excluding hydrogens is 228 g/mol. The first-order chi connectivity index (χ1) is 8.63. The third-order valence-electron chi connectivity index (χ3n) is 3.14. The lowest BCUT2D eigenvalue weighted by molar-refractivity contribution is -0.117. The van der Waals surface area contributed by atoms with Gasteiger partial charge in [-0.05, 0) is 25.6 Å². The van der Waals surface area contributed by atoms with E-state index in [1.54, 1.807) is 6.20 Å². The summed E-state index contributed by atoms with van der Waals surface area (Å²) in [6.07, 6.45) is 1.76. The first-order valence-electron chi connectivity index (χ1n) is 6.27. The molecular formula is C13H20N4O. The molecule has 1 saturated heterocycles. The highest BCUT2D eigenvalue weighted by molar-refractivity contribution is 5.91. The molecule has 0 bridgehead atoms. The fraction of sp³-hybridized carbons (Fsp3) is 0.538. The van der Waals surface area contributed by atoms with Crippen molar-refractivity contribution in [2.45, 2.75) is 6.92 Å². The van der Waals surface area contributed by atoms with E-state index in [2.05, 4.69) is 27.1 Å². The number of likely N-dealkylation sites (N-methyl/N-ethyl adjacent to an activating group) is 1. The molecule has 98 valence electrons. The highest BCUT2D eigenvalue weighted by Gasteiger charge is 2.16. The second-order valence-electron chi connectivity index (χ2n) is 4.85. The van der Waals surface area contributed by atoms with E-state index >= 15 is 0 Å². The Morgan fingerprint density at radius 1 is 1.33 bits per heavy atom. The van der Waals surface area contributed by atoms with Crippen molar-refractivity contribution in [2.75, 3.05) is 45.1 Å². The van der Waals surface area contributed by atoms with Gasteiger partial charge in [-0.15, -0.1) is 0 Å². The highest BCUT2D eigenvalue weighted by Crippen LogP contribution is 2.04. The van der Waals surface area contributed by atoms with E-state index in [9.17, 15) is 4.79 Å². The number of carbonyl (C=O) groups is 1. The molecule has 1 aliphatic rings. The minimum atomic E-state index is 0.0101. The number of carbonyl (C=O) groups excluding carboxylic acids is 1. The van der Waals surface area contributed by atoms with Gasteiger partial charge in [-0.3, -0.25) is 9.69 Å². The first kappa shape index (κ1) is 13.0. The van der Waals surface area contributed by atoms with Crippen LogP contribution in [-0.4, -0.2) is 60.5 Å². The summed E-state index contributed by atoms with van der Waals surface area (Å²) in [5.41, 5.74) is 1.09. The van der Waals surface area contributed by atoms with Crippen molar-refractivity contribution >= 4 is 11.7 Å². The average molecular weight is 248 g/mol. The molecule has 1 amide bonds. The van der Waals surface area contributed by atoms with Gasteiger partial charge >= 0.3 is 0 Å². The Labute approximate surface area is 108 Å². The quantitative estimate of drug-likeness (QED) is 0.850. The minimum absolute atomic E-state index is 0.0101. The monoisotopic (exact) mass is 248 g/mol. The number of nitrogens with one attached hydrogen (secondary N) is 1. The van der Waals surface area contributed by atoms with E-state index in [1.165, 1.54) is 0 Å². The SMILES string of the molecule is Cc1ccc(NC(=O)CN2CCN(C)CC2)nc1. The van der Waals surface area contributed by atoms with Crippen molar-refractivity contribution < 1.29 is 4.79 Å². The standard InChI is InChI=1S/C13H20N4O/c1-11-3-4-12(14-9-11)15-13(18)10-17-7-5-16(2)6-8-17/h3-4,9H,5-8,10H2,1-2H3,(H,14,15,18). The Bertz CT molecular complexity index is 396. The van der Waals surface area contributed by atoms with Crippen molar-refractivity contribution in [1.82, 2.24) is 14.8 Å². The number of nitrogens with zero attached hydrogens (tertiary/aromatic N) is 3. The molecule has 5 nitrogen and oxygen atoms in total. The minimum Gasteiger partial charge on any atom is -0.310 e. The van der Waals surface area contributed by atoms with E-state index < -0.39 is 0 Å².